The van der Waals surface area contributed by atoms with E-state index in [9.17, 15) is 9.90 Å². The van der Waals surface area contributed by atoms with Crippen LogP contribution < -0.4 is 5.32 Å². The summed E-state index contributed by atoms with van der Waals surface area (Å²) in [6.07, 6.45) is 6.60. The van der Waals surface area contributed by atoms with E-state index >= 15 is 0 Å². The lowest BCUT2D eigenvalue weighted by Gasteiger charge is -2.23. The Morgan fingerprint density at radius 3 is 3.00 bits per heavy atom. The third-order valence-electron chi connectivity index (χ3n) is 4.03. The van der Waals surface area contributed by atoms with E-state index in [1.54, 1.807) is 0 Å². The molecule has 4 heteroatoms. The zero-order chi connectivity index (χ0) is 12.7. The molecule has 2 N–H and O–H groups in total. The molecule has 2 unspecified atom stereocenters. The minimum Gasteiger partial charge on any atom is -0.388 e. The maximum absolute atomic E-state index is 12.1. The lowest BCUT2D eigenvalue weighted by atomic mass is 9.95. The number of aliphatic hydroxyl groups excluding tert-OH is 1. The number of aliphatic hydroxyl groups is 1. The van der Waals surface area contributed by atoms with E-state index in [1.807, 2.05) is 23.8 Å². The highest BCUT2D eigenvalue weighted by molar-refractivity contribution is 5.80. The van der Waals surface area contributed by atoms with Crippen molar-refractivity contribution in [2.24, 2.45) is 0 Å². The summed E-state index contributed by atoms with van der Waals surface area (Å²) in [5.74, 6) is 0.0935. The van der Waals surface area contributed by atoms with Crippen LogP contribution in [0.4, 0.5) is 0 Å². The van der Waals surface area contributed by atoms with Gasteiger partial charge in [-0.25, -0.2) is 0 Å². The highest BCUT2D eigenvalue weighted by atomic mass is 16.3. The van der Waals surface area contributed by atoms with E-state index in [-0.39, 0.29) is 18.1 Å². The van der Waals surface area contributed by atoms with E-state index in [0.717, 1.165) is 43.4 Å². The first kappa shape index (κ1) is 11.8. The first-order chi connectivity index (χ1) is 8.66. The molecular weight excluding hydrogens is 228 g/mol. The quantitative estimate of drug-likeness (QED) is 0.855. The molecule has 1 fully saturated rings. The number of aromatic nitrogens is 1. The summed E-state index contributed by atoms with van der Waals surface area (Å²) in [6.45, 7) is 1.93. The second-order valence-electron chi connectivity index (χ2n) is 5.49. The Kier molecular flexibility index (Phi) is 2.90. The average molecular weight is 248 g/mol. The molecular formula is C14H20N2O2. The Hall–Kier alpha value is -1.29. The van der Waals surface area contributed by atoms with Crippen molar-refractivity contribution in [3.05, 3.63) is 23.5 Å². The first-order valence-electron chi connectivity index (χ1n) is 6.85. The maximum atomic E-state index is 12.1. The molecule has 1 amide bonds. The lowest BCUT2D eigenvalue weighted by molar-refractivity contribution is -0.124. The number of nitrogens with zero attached hydrogens (tertiary/aromatic N) is 1. The van der Waals surface area contributed by atoms with Crippen molar-refractivity contribution in [1.29, 1.82) is 0 Å². The SMILES string of the molecule is CC(C(=O)NC1CC1)n1ccc2c1CCCC2O. The summed E-state index contributed by atoms with van der Waals surface area (Å²) in [6, 6.07) is 2.18. The molecule has 0 saturated heterocycles. The normalized spacial score (nSPS) is 24.4. The largest absolute Gasteiger partial charge is 0.388 e. The number of hydrogen-bond acceptors (Lipinski definition) is 2. The number of carbonyl (C=O) groups is 1. The minimum absolute atomic E-state index is 0.0935. The highest BCUT2D eigenvalue weighted by Gasteiger charge is 2.28. The van der Waals surface area contributed by atoms with Gasteiger partial charge in [0.05, 0.1) is 6.10 Å². The smallest absolute Gasteiger partial charge is 0.242 e. The molecule has 4 nitrogen and oxygen atoms in total. The predicted molar refractivity (Wildman–Crippen MR) is 68.2 cm³/mol. The van der Waals surface area contributed by atoms with Gasteiger partial charge in [-0.15, -0.1) is 0 Å². The number of fused-ring (bicyclic) bond motifs is 1. The maximum Gasteiger partial charge on any atom is 0.242 e. The van der Waals surface area contributed by atoms with Crippen molar-refractivity contribution in [3.63, 3.8) is 0 Å². The molecule has 0 spiro atoms. The first-order valence-corrected chi connectivity index (χ1v) is 6.85. The Bertz CT molecular complexity index is 462. The van der Waals surface area contributed by atoms with Crippen LogP contribution in [-0.2, 0) is 11.2 Å². The standard InChI is InChI=1S/C14H20N2O2/c1-9(14(18)15-10-5-6-10)16-8-7-11-12(16)3-2-4-13(11)17/h7-10,13,17H,2-6H2,1H3,(H,15,18). The molecule has 0 radical (unpaired) electrons. The predicted octanol–water partition coefficient (Wildman–Crippen LogP) is 1.70. The van der Waals surface area contributed by atoms with Crippen molar-refractivity contribution >= 4 is 5.91 Å². The molecule has 2 aliphatic carbocycles. The fourth-order valence-electron chi connectivity index (χ4n) is 2.73. The lowest BCUT2D eigenvalue weighted by Crippen LogP contribution is -2.33. The average Bonchev–Trinajstić information content (AvgIpc) is 3.05. The van der Waals surface area contributed by atoms with E-state index in [2.05, 4.69) is 5.32 Å². The number of hydrogen-bond donors (Lipinski definition) is 2. The summed E-state index contributed by atoms with van der Waals surface area (Å²) in [5, 5.41) is 13.0. The molecule has 0 aromatic carbocycles. The van der Waals surface area contributed by atoms with Crippen molar-refractivity contribution in [1.82, 2.24) is 9.88 Å². The van der Waals surface area contributed by atoms with Gasteiger partial charge in [-0.2, -0.15) is 0 Å². The fourth-order valence-corrected chi connectivity index (χ4v) is 2.73. The number of rotatable bonds is 3. The molecule has 1 aromatic heterocycles. The van der Waals surface area contributed by atoms with Crippen LogP contribution in [0, 0.1) is 0 Å². The minimum atomic E-state index is -0.353. The molecule has 18 heavy (non-hydrogen) atoms. The topological polar surface area (TPSA) is 54.3 Å². The van der Waals surface area contributed by atoms with Crippen LogP contribution in [0.2, 0.25) is 0 Å². The van der Waals surface area contributed by atoms with E-state index in [4.69, 9.17) is 0 Å². The van der Waals surface area contributed by atoms with Crippen molar-refractivity contribution in [2.45, 2.75) is 57.2 Å². The molecule has 1 heterocycles. The molecule has 0 bridgehead atoms. The molecule has 1 saturated carbocycles. The van der Waals surface area contributed by atoms with Crippen molar-refractivity contribution in [2.75, 3.05) is 0 Å². The van der Waals surface area contributed by atoms with Gasteiger partial charge in [0.15, 0.2) is 0 Å². The van der Waals surface area contributed by atoms with Gasteiger partial charge in [-0.3, -0.25) is 4.79 Å². The number of amides is 1. The second-order valence-corrected chi connectivity index (χ2v) is 5.49. The van der Waals surface area contributed by atoms with Crippen LogP contribution in [0.3, 0.4) is 0 Å². The summed E-state index contributed by atoms with van der Waals surface area (Å²) < 4.78 is 2.02. The monoisotopic (exact) mass is 248 g/mol. The van der Waals surface area contributed by atoms with Gasteiger partial charge in [0, 0.05) is 23.5 Å². The van der Waals surface area contributed by atoms with Crippen molar-refractivity contribution < 1.29 is 9.90 Å². The molecule has 3 rings (SSSR count). The summed E-state index contributed by atoms with van der Waals surface area (Å²) in [7, 11) is 0. The number of nitrogens with one attached hydrogen (secondary N) is 1. The van der Waals surface area contributed by atoms with E-state index in [1.165, 1.54) is 0 Å². The molecule has 2 atom stereocenters. The fraction of sp³-hybridized carbons (Fsp3) is 0.643. The summed E-state index contributed by atoms with van der Waals surface area (Å²) >= 11 is 0. The summed E-state index contributed by atoms with van der Waals surface area (Å²) in [4.78, 5) is 12.1. The van der Waals surface area contributed by atoms with Gasteiger partial charge in [-0.05, 0) is 45.1 Å². The zero-order valence-electron chi connectivity index (χ0n) is 10.7. The van der Waals surface area contributed by atoms with Gasteiger partial charge in [0.1, 0.15) is 6.04 Å². The third-order valence-corrected chi connectivity index (χ3v) is 4.03. The Labute approximate surface area is 107 Å². The number of carbonyl (C=O) groups excluding carboxylic acids is 1. The van der Waals surface area contributed by atoms with Crippen LogP contribution in [0.5, 0.6) is 0 Å². The molecule has 1 aromatic rings. The van der Waals surface area contributed by atoms with Gasteiger partial charge in [0.25, 0.3) is 0 Å². The Balaban J connectivity index is 1.80. The van der Waals surface area contributed by atoms with Crippen molar-refractivity contribution in [3.8, 4) is 0 Å². The van der Waals surface area contributed by atoms with E-state index < -0.39 is 0 Å². The van der Waals surface area contributed by atoms with E-state index in [0.29, 0.717) is 6.04 Å². The second kappa shape index (κ2) is 4.43. The Morgan fingerprint density at radius 2 is 2.28 bits per heavy atom. The summed E-state index contributed by atoms with van der Waals surface area (Å²) in [5.41, 5.74) is 2.14. The van der Waals surface area contributed by atoms with Gasteiger partial charge < -0.3 is 15.0 Å². The van der Waals surface area contributed by atoms with Crippen LogP contribution in [0.25, 0.3) is 0 Å². The third kappa shape index (κ3) is 2.05. The van der Waals surface area contributed by atoms with Gasteiger partial charge in [0.2, 0.25) is 5.91 Å². The molecule has 98 valence electrons. The zero-order valence-corrected chi connectivity index (χ0v) is 10.7. The highest BCUT2D eigenvalue weighted by Crippen LogP contribution is 2.32. The van der Waals surface area contributed by atoms with Crippen LogP contribution in [-0.4, -0.2) is 21.6 Å². The molecule has 2 aliphatic rings. The van der Waals surface area contributed by atoms with Crippen LogP contribution in [0.1, 0.15) is 56.0 Å². The van der Waals surface area contributed by atoms with Gasteiger partial charge in [-0.1, -0.05) is 0 Å². The Morgan fingerprint density at radius 1 is 1.50 bits per heavy atom. The molecule has 0 aliphatic heterocycles. The van der Waals surface area contributed by atoms with Gasteiger partial charge >= 0.3 is 0 Å². The van der Waals surface area contributed by atoms with Crippen LogP contribution in [0.15, 0.2) is 12.3 Å². The van der Waals surface area contributed by atoms with Crippen LogP contribution >= 0.6 is 0 Å².